The van der Waals surface area contributed by atoms with Gasteiger partial charge in [0.15, 0.2) is 0 Å². The van der Waals surface area contributed by atoms with Crippen molar-refractivity contribution < 1.29 is 9.59 Å². The van der Waals surface area contributed by atoms with Crippen LogP contribution in [0, 0.1) is 12.3 Å². The first-order chi connectivity index (χ1) is 7.19. The van der Waals surface area contributed by atoms with Crippen molar-refractivity contribution in [2.75, 3.05) is 13.1 Å². The van der Waals surface area contributed by atoms with E-state index in [-0.39, 0.29) is 24.4 Å². The van der Waals surface area contributed by atoms with Crippen LogP contribution in [0.2, 0.25) is 0 Å². The molecule has 1 N–H and O–H groups in total. The molecule has 0 aliphatic carbocycles. The van der Waals surface area contributed by atoms with Gasteiger partial charge in [0.1, 0.15) is 0 Å². The minimum absolute atomic E-state index is 0.0389. The first-order valence-electron chi connectivity index (χ1n) is 5.18. The lowest BCUT2D eigenvalue weighted by Gasteiger charge is -2.28. The molecule has 0 aromatic carbocycles. The van der Waals surface area contributed by atoms with Gasteiger partial charge >= 0.3 is 0 Å². The number of nitrogens with zero attached hydrogens (tertiary/aromatic N) is 1. The van der Waals surface area contributed by atoms with Gasteiger partial charge in [0.05, 0.1) is 6.54 Å². The van der Waals surface area contributed by atoms with E-state index in [0.29, 0.717) is 19.4 Å². The summed E-state index contributed by atoms with van der Waals surface area (Å²) in [5.41, 5.74) is 0. The molecule has 15 heavy (non-hydrogen) atoms. The predicted molar refractivity (Wildman–Crippen MR) is 56.9 cm³/mol. The fraction of sp³-hybridized carbons (Fsp3) is 0.636. The second-order valence-electron chi connectivity index (χ2n) is 3.58. The molecule has 0 aromatic heterocycles. The molecule has 0 radical (unpaired) electrons. The van der Waals surface area contributed by atoms with Crippen LogP contribution in [0.4, 0.5) is 0 Å². The summed E-state index contributed by atoms with van der Waals surface area (Å²) in [6, 6.07) is 0.0650. The van der Waals surface area contributed by atoms with Crippen LogP contribution in [0.25, 0.3) is 0 Å². The molecule has 1 aliphatic heterocycles. The maximum absolute atomic E-state index is 11.7. The topological polar surface area (TPSA) is 49.4 Å². The third-order valence-corrected chi connectivity index (χ3v) is 2.60. The van der Waals surface area contributed by atoms with E-state index >= 15 is 0 Å². The first kappa shape index (κ1) is 11.6. The smallest absolute Gasteiger partial charge is 0.242 e. The second-order valence-corrected chi connectivity index (χ2v) is 3.58. The third-order valence-electron chi connectivity index (χ3n) is 2.60. The molecule has 0 spiro atoms. The quantitative estimate of drug-likeness (QED) is 0.670. The maximum atomic E-state index is 11.7. The number of hydrogen-bond donors (Lipinski definition) is 1. The van der Waals surface area contributed by atoms with E-state index in [1.807, 2.05) is 6.92 Å². The van der Waals surface area contributed by atoms with Crippen molar-refractivity contribution in [1.29, 1.82) is 0 Å². The number of nitrogens with one attached hydrogen (secondary N) is 1. The average Bonchev–Trinajstić information content (AvgIpc) is 2.39. The fourth-order valence-corrected chi connectivity index (χ4v) is 1.71. The molecule has 1 heterocycles. The average molecular weight is 208 g/mol. The molecular weight excluding hydrogens is 192 g/mol. The van der Waals surface area contributed by atoms with Crippen LogP contribution < -0.4 is 5.32 Å². The molecule has 2 amide bonds. The van der Waals surface area contributed by atoms with Crippen molar-refractivity contribution in [1.82, 2.24) is 10.2 Å². The number of carbonyl (C=O) groups excluding carboxylic acids is 2. The molecule has 4 heteroatoms. The lowest BCUT2D eigenvalue weighted by Crippen LogP contribution is -2.42. The van der Waals surface area contributed by atoms with Crippen LogP contribution in [-0.2, 0) is 9.59 Å². The van der Waals surface area contributed by atoms with Crippen LogP contribution in [0.15, 0.2) is 0 Å². The molecule has 1 aliphatic rings. The molecule has 1 atom stereocenters. The Labute approximate surface area is 90.0 Å². The molecule has 0 bridgehead atoms. The van der Waals surface area contributed by atoms with Crippen LogP contribution in [0.5, 0.6) is 0 Å². The minimum Gasteiger partial charge on any atom is -0.347 e. The van der Waals surface area contributed by atoms with E-state index in [4.69, 9.17) is 6.42 Å². The Morgan fingerprint density at radius 3 is 2.93 bits per heavy atom. The van der Waals surface area contributed by atoms with E-state index < -0.39 is 0 Å². The largest absolute Gasteiger partial charge is 0.347 e. The van der Waals surface area contributed by atoms with E-state index in [0.717, 1.165) is 6.42 Å². The molecular formula is C11H16N2O2. The zero-order chi connectivity index (χ0) is 11.3. The fourth-order valence-electron chi connectivity index (χ4n) is 1.71. The first-order valence-corrected chi connectivity index (χ1v) is 5.18. The zero-order valence-corrected chi connectivity index (χ0v) is 8.95. The van der Waals surface area contributed by atoms with E-state index in [1.165, 1.54) is 0 Å². The van der Waals surface area contributed by atoms with E-state index in [9.17, 15) is 9.59 Å². The van der Waals surface area contributed by atoms with Gasteiger partial charge in [-0.1, -0.05) is 6.92 Å². The number of carbonyl (C=O) groups is 2. The summed E-state index contributed by atoms with van der Waals surface area (Å²) in [6.45, 7) is 2.57. The Balaban J connectivity index is 2.69. The summed E-state index contributed by atoms with van der Waals surface area (Å²) in [5, 5.41) is 2.56. The molecule has 1 saturated heterocycles. The van der Waals surface area contributed by atoms with Gasteiger partial charge in [-0.3, -0.25) is 9.59 Å². The lowest BCUT2D eigenvalue weighted by molar-refractivity contribution is -0.132. The van der Waals surface area contributed by atoms with Crippen molar-refractivity contribution in [3.63, 3.8) is 0 Å². The Morgan fingerprint density at radius 1 is 1.60 bits per heavy atom. The number of hydrogen-bond acceptors (Lipinski definition) is 2. The van der Waals surface area contributed by atoms with E-state index in [2.05, 4.69) is 11.2 Å². The molecule has 1 rings (SSSR count). The highest BCUT2D eigenvalue weighted by Gasteiger charge is 2.25. The molecule has 4 nitrogen and oxygen atoms in total. The van der Waals surface area contributed by atoms with Gasteiger partial charge in [0.2, 0.25) is 11.8 Å². The van der Waals surface area contributed by atoms with Crippen molar-refractivity contribution in [3.05, 3.63) is 0 Å². The van der Waals surface area contributed by atoms with Crippen LogP contribution in [0.1, 0.15) is 26.2 Å². The summed E-state index contributed by atoms with van der Waals surface area (Å²) in [6.07, 6.45) is 7.00. The molecule has 82 valence electrons. The van der Waals surface area contributed by atoms with Crippen LogP contribution in [-0.4, -0.2) is 35.8 Å². The standard InChI is InChI=1S/C11H16N2O2/c1-3-5-9(4-2)13-7-6-10(14)12-8-11(13)15/h1,9H,4-8H2,2H3,(H,12,14). The maximum Gasteiger partial charge on any atom is 0.242 e. The normalized spacial score (nSPS) is 19.1. The lowest BCUT2D eigenvalue weighted by atomic mass is 10.1. The summed E-state index contributed by atoms with van der Waals surface area (Å²) in [7, 11) is 0. The Hall–Kier alpha value is -1.50. The van der Waals surface area contributed by atoms with Crippen molar-refractivity contribution in [2.24, 2.45) is 0 Å². The zero-order valence-electron chi connectivity index (χ0n) is 8.95. The number of rotatable bonds is 3. The summed E-state index contributed by atoms with van der Waals surface area (Å²) in [5.74, 6) is 2.46. The highest BCUT2D eigenvalue weighted by Crippen LogP contribution is 2.11. The Morgan fingerprint density at radius 2 is 2.33 bits per heavy atom. The van der Waals surface area contributed by atoms with Crippen LogP contribution in [0.3, 0.4) is 0 Å². The van der Waals surface area contributed by atoms with Gasteiger partial charge in [0, 0.05) is 25.4 Å². The van der Waals surface area contributed by atoms with Crippen LogP contribution >= 0.6 is 0 Å². The van der Waals surface area contributed by atoms with Crippen molar-refractivity contribution >= 4 is 11.8 Å². The highest BCUT2D eigenvalue weighted by molar-refractivity contribution is 5.87. The summed E-state index contributed by atoms with van der Waals surface area (Å²) in [4.78, 5) is 24.5. The summed E-state index contributed by atoms with van der Waals surface area (Å²) >= 11 is 0. The van der Waals surface area contributed by atoms with Gasteiger partial charge in [0.25, 0.3) is 0 Å². The van der Waals surface area contributed by atoms with Gasteiger partial charge in [-0.15, -0.1) is 12.3 Å². The number of terminal acetylenes is 1. The predicted octanol–water partition coefficient (Wildman–Crippen LogP) is 0.137. The van der Waals surface area contributed by atoms with E-state index in [1.54, 1.807) is 4.90 Å². The third kappa shape index (κ3) is 2.98. The second kappa shape index (κ2) is 5.40. The summed E-state index contributed by atoms with van der Waals surface area (Å²) < 4.78 is 0. The minimum atomic E-state index is -0.0681. The van der Waals surface area contributed by atoms with Gasteiger partial charge in [-0.25, -0.2) is 0 Å². The Bertz CT molecular complexity index is 293. The van der Waals surface area contributed by atoms with Gasteiger partial charge in [-0.05, 0) is 6.42 Å². The van der Waals surface area contributed by atoms with Crippen molar-refractivity contribution in [2.45, 2.75) is 32.2 Å². The van der Waals surface area contributed by atoms with Crippen molar-refractivity contribution in [3.8, 4) is 12.3 Å². The molecule has 1 fully saturated rings. The Kier molecular flexibility index (Phi) is 4.17. The van der Waals surface area contributed by atoms with Gasteiger partial charge in [-0.2, -0.15) is 0 Å². The van der Waals surface area contributed by atoms with Gasteiger partial charge < -0.3 is 10.2 Å². The number of amides is 2. The molecule has 1 unspecified atom stereocenters. The highest BCUT2D eigenvalue weighted by atomic mass is 16.2. The molecule has 0 aromatic rings. The SMILES string of the molecule is C#CCC(CC)N1CCC(=O)NCC1=O. The monoisotopic (exact) mass is 208 g/mol. The molecule has 0 saturated carbocycles.